The van der Waals surface area contributed by atoms with Gasteiger partial charge in [-0.15, -0.1) is 11.3 Å². The molecule has 3 heterocycles. The molecule has 0 atom stereocenters. The molecule has 6 rings (SSSR count). The third-order valence-corrected chi connectivity index (χ3v) is 5.60. The first-order chi connectivity index (χ1) is 13.3. The van der Waals surface area contributed by atoms with Crippen molar-refractivity contribution in [1.82, 2.24) is 15.1 Å². The van der Waals surface area contributed by atoms with Crippen LogP contribution in [0, 0.1) is 0 Å². The second-order valence-corrected chi connectivity index (χ2v) is 7.30. The maximum atomic E-state index is 5.89. The Morgan fingerprint density at radius 1 is 0.778 bits per heavy atom. The molecule has 0 spiro atoms. The van der Waals surface area contributed by atoms with E-state index >= 15 is 0 Å². The summed E-state index contributed by atoms with van der Waals surface area (Å²) in [5, 5.41) is 5.76. The normalized spacial score (nSPS) is 11.7. The van der Waals surface area contributed by atoms with Crippen LogP contribution < -0.4 is 0 Å². The van der Waals surface area contributed by atoms with Crippen LogP contribution in [0.4, 0.5) is 0 Å². The second kappa shape index (κ2) is 5.49. The molecule has 0 saturated carbocycles. The number of nitrogens with zero attached hydrogens (tertiary/aromatic N) is 3. The molecule has 6 heteroatoms. The molecule has 6 aromatic rings. The van der Waals surface area contributed by atoms with E-state index in [0.29, 0.717) is 5.89 Å². The third kappa shape index (κ3) is 2.34. The number of hydrogen-bond acceptors (Lipinski definition) is 6. The smallest absolute Gasteiger partial charge is 0.227 e. The van der Waals surface area contributed by atoms with Crippen LogP contribution in [-0.4, -0.2) is 15.1 Å². The van der Waals surface area contributed by atoms with Crippen LogP contribution in [-0.2, 0) is 0 Å². The van der Waals surface area contributed by atoms with E-state index in [9.17, 15) is 0 Å². The summed E-state index contributed by atoms with van der Waals surface area (Å²) < 4.78 is 12.2. The quantitative estimate of drug-likeness (QED) is 0.379. The number of oxazole rings is 1. The molecule has 0 radical (unpaired) electrons. The molecule has 0 saturated heterocycles. The fourth-order valence-corrected chi connectivity index (χ4v) is 4.17. The minimum atomic E-state index is 0.621. The van der Waals surface area contributed by atoms with Crippen molar-refractivity contribution in [1.29, 1.82) is 0 Å². The molecular formula is C21H11N3O2S. The molecule has 27 heavy (non-hydrogen) atoms. The van der Waals surface area contributed by atoms with Gasteiger partial charge in [-0.1, -0.05) is 23.4 Å². The van der Waals surface area contributed by atoms with Gasteiger partial charge in [0.1, 0.15) is 10.5 Å². The van der Waals surface area contributed by atoms with Crippen LogP contribution in [0.1, 0.15) is 0 Å². The Morgan fingerprint density at radius 2 is 1.70 bits per heavy atom. The molecule has 0 fully saturated rings. The minimum absolute atomic E-state index is 0.621. The van der Waals surface area contributed by atoms with Crippen molar-refractivity contribution >= 4 is 43.6 Å². The van der Waals surface area contributed by atoms with Gasteiger partial charge in [0.05, 0.1) is 16.4 Å². The van der Waals surface area contributed by atoms with Gasteiger partial charge in [0, 0.05) is 16.5 Å². The summed E-state index contributed by atoms with van der Waals surface area (Å²) in [5.41, 5.74) is 5.32. The lowest BCUT2D eigenvalue weighted by atomic mass is 10.2. The number of para-hydroxylation sites is 2. The van der Waals surface area contributed by atoms with Gasteiger partial charge < -0.3 is 8.94 Å². The standard InChI is InChI=1S/C21H11N3O2S/c1-2-4-17-15(3-1)23-20(25-17)12-7-8-16-19(10-12)27-21(24-16)13-5-6-14-11-22-26-18(14)9-13/h1-11H. The van der Waals surface area contributed by atoms with E-state index in [1.807, 2.05) is 54.6 Å². The molecule has 0 aliphatic rings. The molecule has 3 aromatic carbocycles. The number of thiazole rings is 1. The summed E-state index contributed by atoms with van der Waals surface area (Å²) in [6.45, 7) is 0. The predicted octanol–water partition coefficient (Wildman–Crippen LogP) is 5.91. The Bertz CT molecular complexity index is 1410. The average molecular weight is 369 g/mol. The lowest BCUT2D eigenvalue weighted by Crippen LogP contribution is -1.77. The van der Waals surface area contributed by atoms with Gasteiger partial charge in [-0.3, -0.25) is 0 Å². The van der Waals surface area contributed by atoms with Gasteiger partial charge >= 0.3 is 0 Å². The number of aromatic nitrogens is 3. The van der Waals surface area contributed by atoms with Crippen LogP contribution in [0.25, 0.3) is 54.3 Å². The fraction of sp³-hybridized carbons (Fsp3) is 0. The van der Waals surface area contributed by atoms with E-state index in [2.05, 4.69) is 16.2 Å². The van der Waals surface area contributed by atoms with Crippen LogP contribution in [0.2, 0.25) is 0 Å². The van der Waals surface area contributed by atoms with Crippen LogP contribution in [0.3, 0.4) is 0 Å². The molecule has 0 N–H and O–H groups in total. The zero-order valence-electron chi connectivity index (χ0n) is 13.9. The largest absolute Gasteiger partial charge is 0.436 e. The summed E-state index contributed by atoms with van der Waals surface area (Å²) in [6, 6.07) is 19.9. The Morgan fingerprint density at radius 3 is 2.67 bits per heavy atom. The summed E-state index contributed by atoms with van der Waals surface area (Å²) >= 11 is 1.63. The highest BCUT2D eigenvalue weighted by Gasteiger charge is 2.12. The fourth-order valence-electron chi connectivity index (χ4n) is 3.17. The average Bonchev–Trinajstić information content (AvgIpc) is 3.42. The Hall–Kier alpha value is -3.51. The number of hydrogen-bond donors (Lipinski definition) is 0. The molecule has 0 aliphatic heterocycles. The molecule has 0 unspecified atom stereocenters. The lowest BCUT2D eigenvalue weighted by Gasteiger charge is -1.94. The van der Waals surface area contributed by atoms with E-state index in [1.54, 1.807) is 17.5 Å². The van der Waals surface area contributed by atoms with Gasteiger partial charge in [-0.25, -0.2) is 9.97 Å². The number of rotatable bonds is 2. The number of benzene rings is 3. The van der Waals surface area contributed by atoms with Crippen LogP contribution >= 0.6 is 11.3 Å². The summed E-state index contributed by atoms with van der Waals surface area (Å²) in [6.07, 6.45) is 1.71. The highest BCUT2D eigenvalue weighted by atomic mass is 32.1. The van der Waals surface area contributed by atoms with E-state index < -0.39 is 0 Å². The van der Waals surface area contributed by atoms with Gasteiger partial charge in [0.2, 0.25) is 5.89 Å². The topological polar surface area (TPSA) is 65.0 Å². The summed E-state index contributed by atoms with van der Waals surface area (Å²) in [5.74, 6) is 0.621. The highest BCUT2D eigenvalue weighted by Crippen LogP contribution is 2.34. The van der Waals surface area contributed by atoms with Crippen molar-refractivity contribution in [2.24, 2.45) is 0 Å². The Kier molecular flexibility index (Phi) is 2.98. The molecule has 5 nitrogen and oxygen atoms in total. The summed E-state index contributed by atoms with van der Waals surface area (Å²) in [7, 11) is 0. The number of fused-ring (bicyclic) bond motifs is 3. The third-order valence-electron chi connectivity index (χ3n) is 4.53. The van der Waals surface area contributed by atoms with Crippen molar-refractivity contribution < 1.29 is 8.94 Å². The van der Waals surface area contributed by atoms with Crippen molar-refractivity contribution in [3.05, 3.63) is 66.9 Å². The summed E-state index contributed by atoms with van der Waals surface area (Å²) in [4.78, 5) is 9.34. The molecule has 0 amide bonds. The van der Waals surface area contributed by atoms with Crippen LogP contribution in [0.15, 0.2) is 75.8 Å². The zero-order chi connectivity index (χ0) is 17.8. The van der Waals surface area contributed by atoms with Crippen molar-refractivity contribution in [2.75, 3.05) is 0 Å². The Labute approximate surface area is 156 Å². The zero-order valence-corrected chi connectivity index (χ0v) is 14.7. The lowest BCUT2D eigenvalue weighted by molar-refractivity contribution is 0.456. The first kappa shape index (κ1) is 14.6. The molecule has 0 aliphatic carbocycles. The second-order valence-electron chi connectivity index (χ2n) is 6.27. The first-order valence-electron chi connectivity index (χ1n) is 8.45. The maximum Gasteiger partial charge on any atom is 0.227 e. The predicted molar refractivity (Wildman–Crippen MR) is 106 cm³/mol. The SMILES string of the molecule is c1ccc2oc(-c3ccc4nc(-c5ccc6cnoc6c5)sc4c3)nc2c1. The van der Waals surface area contributed by atoms with Gasteiger partial charge in [-0.2, -0.15) is 0 Å². The molecular weight excluding hydrogens is 358 g/mol. The first-order valence-corrected chi connectivity index (χ1v) is 9.26. The van der Waals surface area contributed by atoms with E-state index in [4.69, 9.17) is 13.9 Å². The van der Waals surface area contributed by atoms with Crippen molar-refractivity contribution in [3.8, 4) is 22.0 Å². The Balaban J connectivity index is 1.46. The van der Waals surface area contributed by atoms with Crippen molar-refractivity contribution in [2.45, 2.75) is 0 Å². The highest BCUT2D eigenvalue weighted by molar-refractivity contribution is 7.21. The van der Waals surface area contributed by atoms with E-state index in [0.717, 1.165) is 48.4 Å². The maximum absolute atomic E-state index is 5.89. The van der Waals surface area contributed by atoms with Crippen LogP contribution in [0.5, 0.6) is 0 Å². The van der Waals surface area contributed by atoms with Gasteiger partial charge in [-0.05, 0) is 42.5 Å². The molecule has 3 aromatic heterocycles. The molecule has 128 valence electrons. The van der Waals surface area contributed by atoms with Crippen molar-refractivity contribution in [3.63, 3.8) is 0 Å². The monoisotopic (exact) mass is 369 g/mol. The minimum Gasteiger partial charge on any atom is -0.436 e. The van der Waals surface area contributed by atoms with E-state index in [1.165, 1.54) is 0 Å². The van der Waals surface area contributed by atoms with Gasteiger partial charge in [0.15, 0.2) is 11.2 Å². The molecule has 0 bridgehead atoms. The van der Waals surface area contributed by atoms with Gasteiger partial charge in [0.25, 0.3) is 0 Å². The van der Waals surface area contributed by atoms with E-state index in [-0.39, 0.29) is 0 Å².